The second kappa shape index (κ2) is 8.32. The Morgan fingerprint density at radius 3 is 1.97 bits per heavy atom. The molecule has 2 heterocycles. The van der Waals surface area contributed by atoms with Gasteiger partial charge in [0.25, 0.3) is 0 Å². The van der Waals surface area contributed by atoms with Gasteiger partial charge in [0, 0.05) is 24.8 Å². The Kier molecular flexibility index (Phi) is 6.33. The van der Waals surface area contributed by atoms with Crippen molar-refractivity contribution in [1.29, 1.82) is 0 Å². The second-order valence-electron chi connectivity index (χ2n) is 10.5. The third kappa shape index (κ3) is 5.92. The van der Waals surface area contributed by atoms with Crippen LogP contribution in [0.1, 0.15) is 40.5 Å². The van der Waals surface area contributed by atoms with E-state index in [1.165, 1.54) is 22.5 Å². The lowest BCUT2D eigenvalue weighted by molar-refractivity contribution is 0.00578. The van der Waals surface area contributed by atoms with Gasteiger partial charge in [0.1, 0.15) is 4.90 Å². The number of anilines is 1. The summed E-state index contributed by atoms with van der Waals surface area (Å²) in [4.78, 5) is -1.86. The molecule has 0 aliphatic carbocycles. The molecule has 0 saturated carbocycles. The molecule has 2 aliphatic rings. The summed E-state index contributed by atoms with van der Waals surface area (Å²) < 4.78 is 105. The zero-order chi connectivity index (χ0) is 27.6. The van der Waals surface area contributed by atoms with E-state index in [-0.39, 0.29) is 29.7 Å². The number of nitrogens with zero attached hydrogens (tertiary/aromatic N) is 1. The highest BCUT2D eigenvalue weighted by molar-refractivity contribution is 8.45. The molecule has 2 aromatic rings. The molecule has 37 heavy (non-hydrogen) atoms. The molecule has 1 N–H and O–H groups in total. The molecule has 0 atom stereocenters. The van der Waals surface area contributed by atoms with Gasteiger partial charge in [0.05, 0.1) is 16.1 Å². The molecule has 206 valence electrons. The fraction of sp³-hybridized carbons (Fsp3) is 0.478. The van der Waals surface area contributed by atoms with E-state index in [4.69, 9.17) is 9.31 Å². The van der Waals surface area contributed by atoms with Crippen LogP contribution in [0, 0.1) is 0 Å². The van der Waals surface area contributed by atoms with Gasteiger partial charge >= 0.3 is 17.3 Å². The second-order valence-corrected chi connectivity index (χ2v) is 14.8. The van der Waals surface area contributed by atoms with Crippen molar-refractivity contribution in [2.24, 2.45) is 0 Å². The van der Waals surface area contributed by atoms with Crippen LogP contribution in [0.2, 0.25) is 0 Å². The van der Waals surface area contributed by atoms with Crippen LogP contribution < -0.4 is 10.8 Å². The standard InChI is InChI=1S/C23H30BF5N2O4S2/c1-22(2)23(3,4)35-24(34-22)17-8-10-20(11-9-17)36(32,33)31-14-12-18(13-15-31)30-19-6-5-7-21(16-19)37(25,26,27,28)29/h5-11,16,18,30H,12-15H2,1-4H3. The molecule has 0 spiro atoms. The van der Waals surface area contributed by atoms with Crippen LogP contribution in [0.5, 0.6) is 0 Å². The number of sulfonamides is 1. The van der Waals surface area contributed by atoms with Crippen molar-refractivity contribution >= 4 is 38.5 Å². The summed E-state index contributed by atoms with van der Waals surface area (Å²) in [6.45, 7) is 7.95. The minimum atomic E-state index is -9.79. The van der Waals surface area contributed by atoms with Gasteiger partial charge in [0.15, 0.2) is 0 Å². The lowest BCUT2D eigenvalue weighted by Crippen LogP contribution is -2.42. The summed E-state index contributed by atoms with van der Waals surface area (Å²) in [5.41, 5.74) is -0.464. The summed E-state index contributed by atoms with van der Waals surface area (Å²) in [6.07, 6.45) is 0.595. The SMILES string of the molecule is CC1(C)OB(c2ccc(S(=O)(=O)N3CCC(Nc4cccc(S(F)(F)(F)(F)F)c4)CC3)cc2)OC1(C)C. The van der Waals surface area contributed by atoms with Gasteiger partial charge < -0.3 is 14.6 Å². The Labute approximate surface area is 214 Å². The van der Waals surface area contributed by atoms with E-state index >= 15 is 0 Å². The molecule has 0 amide bonds. The van der Waals surface area contributed by atoms with Crippen LogP contribution in [0.25, 0.3) is 0 Å². The zero-order valence-corrected chi connectivity index (χ0v) is 22.5. The molecular weight excluding hydrogens is 538 g/mol. The maximum absolute atomic E-state index is 13.2. The van der Waals surface area contributed by atoms with Crippen LogP contribution in [0.4, 0.5) is 25.1 Å². The zero-order valence-electron chi connectivity index (χ0n) is 20.9. The molecule has 4 rings (SSSR count). The van der Waals surface area contributed by atoms with Crippen LogP contribution >= 0.6 is 10.2 Å². The predicted octanol–water partition coefficient (Wildman–Crippen LogP) is 5.91. The van der Waals surface area contributed by atoms with Crippen molar-refractivity contribution in [2.75, 3.05) is 18.4 Å². The quantitative estimate of drug-likeness (QED) is 0.347. The average Bonchev–Trinajstić information content (AvgIpc) is 3.00. The molecule has 0 unspecified atom stereocenters. The molecule has 0 radical (unpaired) electrons. The number of halogens is 5. The first-order valence-corrected chi connectivity index (χ1v) is 15.1. The van der Waals surface area contributed by atoms with Gasteiger partial charge in [-0.3, -0.25) is 0 Å². The summed E-state index contributed by atoms with van der Waals surface area (Å²) in [6, 6.07) is 8.85. The molecule has 0 aromatic heterocycles. The summed E-state index contributed by atoms with van der Waals surface area (Å²) >= 11 is 0. The van der Waals surface area contributed by atoms with Gasteiger partial charge in [-0.25, -0.2) is 8.42 Å². The highest BCUT2D eigenvalue weighted by Crippen LogP contribution is 3.02. The fourth-order valence-electron chi connectivity index (χ4n) is 4.23. The van der Waals surface area contributed by atoms with Crippen LogP contribution in [0.3, 0.4) is 0 Å². The Morgan fingerprint density at radius 2 is 1.46 bits per heavy atom. The Hall–Kier alpha value is -1.87. The summed E-state index contributed by atoms with van der Waals surface area (Å²) in [7, 11) is -14.2. The molecular formula is C23H30BF5N2O4S2. The van der Waals surface area contributed by atoms with Gasteiger partial charge in [-0.2, -0.15) is 4.31 Å². The number of hydrogen-bond acceptors (Lipinski definition) is 5. The molecule has 2 fully saturated rings. The highest BCUT2D eigenvalue weighted by atomic mass is 32.5. The third-order valence-electron chi connectivity index (χ3n) is 7.15. The van der Waals surface area contributed by atoms with E-state index in [9.17, 15) is 27.8 Å². The Balaban J connectivity index is 1.39. The number of piperidine rings is 1. The van der Waals surface area contributed by atoms with E-state index in [0.29, 0.717) is 30.4 Å². The highest BCUT2D eigenvalue weighted by Gasteiger charge is 2.65. The minimum Gasteiger partial charge on any atom is -0.399 e. The number of benzene rings is 2. The number of nitrogens with one attached hydrogen (secondary N) is 1. The average molecular weight is 568 g/mol. The lowest BCUT2D eigenvalue weighted by atomic mass is 9.79. The van der Waals surface area contributed by atoms with Crippen LogP contribution in [0.15, 0.2) is 58.3 Å². The topological polar surface area (TPSA) is 67.9 Å². The molecule has 14 heteroatoms. The maximum Gasteiger partial charge on any atom is 0.494 e. The fourth-order valence-corrected chi connectivity index (χ4v) is 6.38. The van der Waals surface area contributed by atoms with Crippen LogP contribution in [-0.4, -0.2) is 50.2 Å². The van der Waals surface area contributed by atoms with Gasteiger partial charge in [-0.15, -0.1) is 0 Å². The Bertz CT molecular complexity index is 1270. The van der Waals surface area contributed by atoms with Gasteiger partial charge in [0.2, 0.25) is 10.0 Å². The predicted molar refractivity (Wildman–Crippen MR) is 135 cm³/mol. The summed E-state index contributed by atoms with van der Waals surface area (Å²) in [5, 5.41) is 2.83. The molecule has 6 nitrogen and oxygen atoms in total. The van der Waals surface area contributed by atoms with Crippen molar-refractivity contribution in [3.8, 4) is 0 Å². The normalized spacial score (nSPS) is 22.9. The van der Waals surface area contributed by atoms with Crippen molar-refractivity contribution in [1.82, 2.24) is 4.31 Å². The van der Waals surface area contributed by atoms with Crippen molar-refractivity contribution < 1.29 is 37.2 Å². The van der Waals surface area contributed by atoms with Crippen LogP contribution in [-0.2, 0) is 19.3 Å². The molecule has 2 saturated heterocycles. The minimum absolute atomic E-state index is 0.0923. The summed E-state index contributed by atoms with van der Waals surface area (Å²) in [5.74, 6) is 0. The molecule has 0 bridgehead atoms. The van der Waals surface area contributed by atoms with Gasteiger partial charge in [-0.05, 0) is 76.3 Å². The largest absolute Gasteiger partial charge is 0.494 e. The van der Waals surface area contributed by atoms with E-state index < -0.39 is 43.5 Å². The Morgan fingerprint density at radius 1 is 0.919 bits per heavy atom. The van der Waals surface area contributed by atoms with E-state index in [1.54, 1.807) is 12.1 Å². The van der Waals surface area contributed by atoms with E-state index in [1.807, 2.05) is 27.7 Å². The smallest absolute Gasteiger partial charge is 0.399 e. The van der Waals surface area contributed by atoms with E-state index in [2.05, 4.69) is 5.32 Å². The monoisotopic (exact) mass is 568 g/mol. The van der Waals surface area contributed by atoms with Crippen molar-refractivity contribution in [3.63, 3.8) is 0 Å². The first-order chi connectivity index (χ1) is 16.7. The van der Waals surface area contributed by atoms with E-state index in [0.717, 1.165) is 6.07 Å². The molecule has 2 aliphatic heterocycles. The van der Waals surface area contributed by atoms with Crippen molar-refractivity contribution in [2.45, 2.75) is 67.6 Å². The first-order valence-electron chi connectivity index (χ1n) is 11.7. The molecule has 2 aromatic carbocycles. The third-order valence-corrected chi connectivity index (χ3v) is 10.2. The first kappa shape index (κ1) is 28.2. The van der Waals surface area contributed by atoms with Gasteiger partial charge in [-0.1, -0.05) is 37.6 Å². The van der Waals surface area contributed by atoms with Crippen molar-refractivity contribution in [3.05, 3.63) is 48.5 Å². The number of hydrogen-bond donors (Lipinski definition) is 1. The number of rotatable bonds is 6. The maximum atomic E-state index is 13.2. The lowest BCUT2D eigenvalue weighted by Gasteiger charge is -2.40.